The average molecular weight is 588 g/mol. The normalized spacial score (nSPS) is 20.5. The molecule has 4 atom stereocenters. The number of benzene rings is 1. The maximum Gasteiger partial charge on any atom is 0.409 e. The van der Waals surface area contributed by atoms with Crippen LogP contribution in [0.1, 0.15) is 62.0 Å². The number of carbonyl (C=O) groups excluding carboxylic acids is 1. The minimum Gasteiger partial charge on any atom is -0.453 e. The molecule has 11 heteroatoms. The number of aromatic nitrogens is 4. The first-order valence-electron chi connectivity index (χ1n) is 14.2. The smallest absolute Gasteiger partial charge is 0.409 e. The third-order valence-electron chi connectivity index (χ3n) is 8.63. The van der Waals surface area contributed by atoms with Crippen molar-refractivity contribution in [2.45, 2.75) is 63.5 Å². The van der Waals surface area contributed by atoms with Gasteiger partial charge in [0.1, 0.15) is 17.5 Å². The van der Waals surface area contributed by atoms with Crippen LogP contribution in [-0.4, -0.2) is 56.8 Å². The number of imidazole rings is 1. The molecule has 3 aromatic heterocycles. The molecule has 43 heavy (non-hydrogen) atoms. The summed E-state index contributed by atoms with van der Waals surface area (Å²) >= 11 is 0. The molecule has 1 amide bonds. The Balaban J connectivity index is 1.45. The largest absolute Gasteiger partial charge is 0.453 e. The Morgan fingerprint density at radius 2 is 1.93 bits per heavy atom. The molecule has 5 rings (SSSR count). The van der Waals surface area contributed by atoms with E-state index in [0.717, 1.165) is 17.5 Å². The van der Waals surface area contributed by atoms with Crippen LogP contribution < -0.4 is 5.73 Å². The van der Waals surface area contributed by atoms with Crippen molar-refractivity contribution in [3.8, 4) is 17.3 Å². The van der Waals surface area contributed by atoms with Crippen LogP contribution in [0.25, 0.3) is 16.8 Å². The number of fused-ring (bicyclic) bond motifs is 1. The first-order valence-corrected chi connectivity index (χ1v) is 14.2. The first kappa shape index (κ1) is 30.0. The highest BCUT2D eigenvalue weighted by molar-refractivity contribution is 5.67. The van der Waals surface area contributed by atoms with Gasteiger partial charge in [0.25, 0.3) is 0 Å². The van der Waals surface area contributed by atoms with E-state index in [-0.39, 0.29) is 40.7 Å². The quantitative estimate of drug-likeness (QED) is 0.322. The molecule has 0 spiro atoms. The van der Waals surface area contributed by atoms with Crippen LogP contribution in [0.3, 0.4) is 0 Å². The number of ether oxygens (including phenoxy) is 1. The van der Waals surface area contributed by atoms with Crippen molar-refractivity contribution < 1.29 is 18.3 Å². The molecule has 1 fully saturated rings. The van der Waals surface area contributed by atoms with Crippen LogP contribution in [0.15, 0.2) is 48.9 Å². The van der Waals surface area contributed by atoms with Crippen molar-refractivity contribution in [3.05, 3.63) is 83.1 Å². The lowest BCUT2D eigenvalue weighted by Gasteiger charge is -2.43. The van der Waals surface area contributed by atoms with Crippen molar-refractivity contribution in [3.63, 3.8) is 0 Å². The number of pyridine rings is 1. The second kappa shape index (κ2) is 11.7. The molecule has 0 saturated heterocycles. The van der Waals surface area contributed by atoms with Gasteiger partial charge in [-0.05, 0) is 85.5 Å². The lowest BCUT2D eigenvalue weighted by molar-refractivity contribution is 0.0777. The third kappa shape index (κ3) is 5.67. The van der Waals surface area contributed by atoms with Gasteiger partial charge in [-0.1, -0.05) is 6.92 Å². The zero-order valence-electron chi connectivity index (χ0n) is 24.9. The molecule has 1 aliphatic rings. The molecule has 0 radical (unpaired) electrons. The SMILES string of the molecule is COC(=O)N(C)[C@@H]1[C@H](N)C[C@H](c2ccncc2Cc2ncc3ccc(-c4c(F)cc(C(C)(C)C#N)cc4F)nn23)C[C@@H]1C. The summed E-state index contributed by atoms with van der Waals surface area (Å²) in [5.74, 6) is -0.726. The average Bonchev–Trinajstić information content (AvgIpc) is 3.37. The Bertz CT molecular complexity index is 1680. The fraction of sp³-hybridized carbons (Fsp3) is 0.406. The van der Waals surface area contributed by atoms with E-state index in [1.807, 2.05) is 6.07 Å². The van der Waals surface area contributed by atoms with Gasteiger partial charge in [-0.15, -0.1) is 0 Å². The zero-order valence-corrected chi connectivity index (χ0v) is 24.9. The van der Waals surface area contributed by atoms with Gasteiger partial charge in [-0.2, -0.15) is 10.4 Å². The second-order valence-corrected chi connectivity index (χ2v) is 11.9. The maximum atomic E-state index is 15.2. The van der Waals surface area contributed by atoms with Crippen LogP contribution in [0.4, 0.5) is 13.6 Å². The van der Waals surface area contributed by atoms with Gasteiger partial charge in [-0.3, -0.25) is 4.98 Å². The van der Waals surface area contributed by atoms with Crippen LogP contribution in [-0.2, 0) is 16.6 Å². The summed E-state index contributed by atoms with van der Waals surface area (Å²) in [6, 6.07) is 9.33. The van der Waals surface area contributed by atoms with Gasteiger partial charge in [0, 0.05) is 31.9 Å². The lowest BCUT2D eigenvalue weighted by Crippen LogP contribution is -2.55. The van der Waals surface area contributed by atoms with Crippen molar-refractivity contribution in [2.24, 2.45) is 11.7 Å². The number of rotatable bonds is 6. The van der Waals surface area contributed by atoms with Crippen LogP contribution >= 0.6 is 0 Å². The molecule has 1 saturated carbocycles. The number of hydrogen-bond acceptors (Lipinski definition) is 7. The van der Waals surface area contributed by atoms with Crippen LogP contribution in [0.2, 0.25) is 0 Å². The summed E-state index contributed by atoms with van der Waals surface area (Å²) < 4.78 is 37.0. The number of carbonyl (C=O) groups is 1. The van der Waals surface area contributed by atoms with E-state index in [0.29, 0.717) is 24.2 Å². The Morgan fingerprint density at radius 1 is 1.21 bits per heavy atom. The summed E-state index contributed by atoms with van der Waals surface area (Å²) in [6.45, 7) is 5.31. The fourth-order valence-corrected chi connectivity index (χ4v) is 6.35. The highest BCUT2D eigenvalue weighted by atomic mass is 19.1. The van der Waals surface area contributed by atoms with Crippen molar-refractivity contribution in [1.29, 1.82) is 5.26 Å². The number of nitrogens with zero attached hydrogens (tertiary/aromatic N) is 6. The Morgan fingerprint density at radius 3 is 2.58 bits per heavy atom. The maximum absolute atomic E-state index is 15.2. The van der Waals surface area contributed by atoms with Crippen molar-refractivity contribution >= 4 is 11.6 Å². The number of methoxy groups -OCH3 is 1. The van der Waals surface area contributed by atoms with Crippen LogP contribution in [0.5, 0.6) is 0 Å². The Hall–Kier alpha value is -4.43. The fourth-order valence-electron chi connectivity index (χ4n) is 6.35. The highest BCUT2D eigenvalue weighted by Crippen LogP contribution is 2.39. The predicted molar refractivity (Wildman–Crippen MR) is 157 cm³/mol. The summed E-state index contributed by atoms with van der Waals surface area (Å²) in [7, 11) is 3.08. The molecule has 2 N–H and O–H groups in total. The van der Waals surface area contributed by atoms with Gasteiger partial charge in [0.05, 0.1) is 47.6 Å². The van der Waals surface area contributed by atoms with Crippen LogP contribution in [0, 0.1) is 28.9 Å². The minimum atomic E-state index is -1.05. The number of hydrogen-bond donors (Lipinski definition) is 1. The molecule has 3 heterocycles. The molecular weight excluding hydrogens is 552 g/mol. The monoisotopic (exact) mass is 587 g/mol. The van der Waals surface area contributed by atoms with E-state index in [9.17, 15) is 10.1 Å². The number of nitriles is 1. The number of amides is 1. The van der Waals surface area contributed by atoms with Gasteiger partial charge >= 0.3 is 6.09 Å². The topological polar surface area (TPSA) is 122 Å². The molecular formula is C32H35F2N7O2. The Kier molecular flexibility index (Phi) is 8.16. The van der Waals surface area contributed by atoms with E-state index in [1.54, 1.807) is 61.0 Å². The van der Waals surface area contributed by atoms with E-state index in [4.69, 9.17) is 10.5 Å². The molecule has 4 aromatic rings. The first-order chi connectivity index (χ1) is 20.4. The third-order valence-corrected chi connectivity index (χ3v) is 8.63. The van der Waals surface area contributed by atoms with Gasteiger partial charge in [-0.25, -0.2) is 23.1 Å². The lowest BCUT2D eigenvalue weighted by atomic mass is 9.72. The van der Waals surface area contributed by atoms with E-state index >= 15 is 8.78 Å². The van der Waals surface area contributed by atoms with E-state index in [1.165, 1.54) is 19.2 Å². The molecule has 0 bridgehead atoms. The standard InChI is InChI=1S/C32H35F2N7O2/c1-18-10-19(11-26(36)30(18)40(4)31(42)43-5)23-8-9-37-15-20(23)12-28-38-16-22-6-7-27(39-41(22)28)29-24(33)13-21(14-25(29)34)32(2,3)17-35/h6-9,13-16,18-19,26,30H,10-12,36H2,1-5H3/t18-,19+,26+,30-/m0/s1. The predicted octanol–water partition coefficient (Wildman–Crippen LogP) is 5.37. The van der Waals surface area contributed by atoms with Gasteiger partial charge in [0.2, 0.25) is 0 Å². The second-order valence-electron chi connectivity index (χ2n) is 11.9. The highest BCUT2D eigenvalue weighted by Gasteiger charge is 2.39. The van der Waals surface area contributed by atoms with Crippen molar-refractivity contribution in [1.82, 2.24) is 24.5 Å². The van der Waals surface area contributed by atoms with Crippen molar-refractivity contribution in [2.75, 3.05) is 14.2 Å². The van der Waals surface area contributed by atoms with E-state index < -0.39 is 23.1 Å². The molecule has 0 unspecified atom stereocenters. The van der Waals surface area contributed by atoms with Gasteiger partial charge in [0.15, 0.2) is 0 Å². The summed E-state index contributed by atoms with van der Waals surface area (Å²) in [5, 5.41) is 14.0. The number of nitrogens with two attached hydrogens (primary N) is 1. The number of halogens is 2. The molecule has 1 aromatic carbocycles. The molecule has 9 nitrogen and oxygen atoms in total. The number of likely N-dealkylation sites (N-methyl/N-ethyl adjacent to an activating group) is 1. The molecule has 0 aliphatic heterocycles. The minimum absolute atomic E-state index is 0.113. The summed E-state index contributed by atoms with van der Waals surface area (Å²) in [6.07, 6.45) is 6.70. The molecule has 224 valence electrons. The zero-order chi connectivity index (χ0) is 31.1. The summed E-state index contributed by atoms with van der Waals surface area (Å²) in [5.41, 5.74) is 8.39. The summed E-state index contributed by atoms with van der Waals surface area (Å²) in [4.78, 5) is 22.7. The molecule has 1 aliphatic carbocycles. The van der Waals surface area contributed by atoms with E-state index in [2.05, 4.69) is 28.1 Å². The Labute approximate surface area is 249 Å². The van der Waals surface area contributed by atoms with Gasteiger partial charge < -0.3 is 15.4 Å².